The van der Waals surface area contributed by atoms with Crippen LogP contribution in [-0.2, 0) is 4.74 Å². The molecule has 0 amide bonds. The first-order valence-corrected chi connectivity index (χ1v) is 7.95. The first-order chi connectivity index (χ1) is 8.60. The van der Waals surface area contributed by atoms with Crippen LogP contribution in [0.1, 0.15) is 66.7 Å². The molecule has 0 aromatic carbocycles. The van der Waals surface area contributed by atoms with Crippen LogP contribution in [-0.4, -0.2) is 25.3 Å². The SMILES string of the molecule is CCCNC1CC(OCCC(C)C)C1(CC)CC. The molecule has 0 heterocycles. The zero-order valence-electron chi connectivity index (χ0n) is 13.1. The van der Waals surface area contributed by atoms with Gasteiger partial charge in [-0.1, -0.05) is 34.6 Å². The third-order valence-corrected chi connectivity index (χ3v) is 4.76. The topological polar surface area (TPSA) is 21.3 Å². The molecule has 2 heteroatoms. The van der Waals surface area contributed by atoms with Gasteiger partial charge in [0.25, 0.3) is 0 Å². The Hall–Kier alpha value is -0.0800. The molecule has 0 radical (unpaired) electrons. The summed E-state index contributed by atoms with van der Waals surface area (Å²) in [5, 5.41) is 3.71. The average molecular weight is 255 g/mol. The predicted octanol–water partition coefficient (Wildman–Crippen LogP) is 4.00. The summed E-state index contributed by atoms with van der Waals surface area (Å²) in [6, 6.07) is 0.677. The van der Waals surface area contributed by atoms with Crippen molar-refractivity contribution in [2.75, 3.05) is 13.2 Å². The van der Waals surface area contributed by atoms with Crippen LogP contribution >= 0.6 is 0 Å². The van der Waals surface area contributed by atoms with E-state index in [0.717, 1.165) is 19.1 Å². The highest BCUT2D eigenvalue weighted by Gasteiger charge is 2.52. The second kappa shape index (κ2) is 7.49. The highest BCUT2D eigenvalue weighted by Crippen LogP contribution is 2.48. The normalized spacial score (nSPS) is 26.3. The van der Waals surface area contributed by atoms with Gasteiger partial charge in [-0.25, -0.2) is 0 Å². The lowest BCUT2D eigenvalue weighted by Gasteiger charge is -2.55. The smallest absolute Gasteiger partial charge is 0.0661 e. The Kier molecular flexibility index (Phi) is 6.65. The summed E-state index contributed by atoms with van der Waals surface area (Å²) in [5.41, 5.74) is 0.395. The van der Waals surface area contributed by atoms with E-state index in [4.69, 9.17) is 4.74 Å². The summed E-state index contributed by atoms with van der Waals surface area (Å²) < 4.78 is 6.16. The molecule has 108 valence electrons. The summed E-state index contributed by atoms with van der Waals surface area (Å²) in [6.07, 6.45) is 6.57. The van der Waals surface area contributed by atoms with Gasteiger partial charge in [0.15, 0.2) is 0 Å². The third kappa shape index (κ3) is 3.48. The van der Waals surface area contributed by atoms with Gasteiger partial charge in [-0.2, -0.15) is 0 Å². The predicted molar refractivity (Wildman–Crippen MR) is 78.9 cm³/mol. The van der Waals surface area contributed by atoms with Gasteiger partial charge < -0.3 is 10.1 Å². The minimum atomic E-state index is 0.395. The Morgan fingerprint density at radius 1 is 1.22 bits per heavy atom. The first kappa shape index (κ1) is 16.0. The number of ether oxygens (including phenoxy) is 1. The lowest BCUT2D eigenvalue weighted by molar-refractivity contribution is -0.142. The van der Waals surface area contributed by atoms with Crippen molar-refractivity contribution in [3.05, 3.63) is 0 Å². The lowest BCUT2D eigenvalue weighted by atomic mass is 9.58. The zero-order valence-corrected chi connectivity index (χ0v) is 13.1. The number of nitrogens with one attached hydrogen (secondary N) is 1. The van der Waals surface area contributed by atoms with Gasteiger partial charge in [-0.3, -0.25) is 0 Å². The Morgan fingerprint density at radius 3 is 2.39 bits per heavy atom. The molecule has 1 N–H and O–H groups in total. The van der Waals surface area contributed by atoms with Crippen molar-refractivity contribution >= 4 is 0 Å². The minimum Gasteiger partial charge on any atom is -0.378 e. The van der Waals surface area contributed by atoms with Crippen molar-refractivity contribution in [2.45, 2.75) is 78.9 Å². The molecule has 0 bridgehead atoms. The number of hydrogen-bond donors (Lipinski definition) is 1. The van der Waals surface area contributed by atoms with E-state index in [2.05, 4.69) is 39.9 Å². The summed E-state index contributed by atoms with van der Waals surface area (Å²) in [7, 11) is 0. The van der Waals surface area contributed by atoms with Crippen molar-refractivity contribution < 1.29 is 4.74 Å². The van der Waals surface area contributed by atoms with Crippen molar-refractivity contribution in [3.63, 3.8) is 0 Å². The van der Waals surface area contributed by atoms with Gasteiger partial charge >= 0.3 is 0 Å². The Bertz CT molecular complexity index is 223. The van der Waals surface area contributed by atoms with Crippen LogP contribution < -0.4 is 5.32 Å². The van der Waals surface area contributed by atoms with E-state index in [-0.39, 0.29) is 0 Å². The van der Waals surface area contributed by atoms with Crippen molar-refractivity contribution in [1.82, 2.24) is 5.32 Å². The summed E-state index contributed by atoms with van der Waals surface area (Å²) >= 11 is 0. The third-order valence-electron chi connectivity index (χ3n) is 4.76. The Labute approximate surface area is 114 Å². The molecule has 0 spiro atoms. The van der Waals surface area contributed by atoms with Crippen LogP contribution in [0.3, 0.4) is 0 Å². The van der Waals surface area contributed by atoms with E-state index in [1.54, 1.807) is 0 Å². The molecular weight excluding hydrogens is 222 g/mol. The van der Waals surface area contributed by atoms with E-state index in [9.17, 15) is 0 Å². The minimum absolute atomic E-state index is 0.395. The molecule has 0 saturated heterocycles. The van der Waals surface area contributed by atoms with Crippen LogP contribution in [0, 0.1) is 11.3 Å². The van der Waals surface area contributed by atoms with Crippen molar-refractivity contribution in [3.8, 4) is 0 Å². The van der Waals surface area contributed by atoms with Gasteiger partial charge in [-0.05, 0) is 44.6 Å². The highest BCUT2D eigenvalue weighted by molar-refractivity contribution is 5.06. The summed E-state index contributed by atoms with van der Waals surface area (Å²) in [5.74, 6) is 0.747. The fraction of sp³-hybridized carbons (Fsp3) is 1.00. The van der Waals surface area contributed by atoms with Crippen molar-refractivity contribution in [2.24, 2.45) is 11.3 Å². The van der Waals surface area contributed by atoms with Crippen LogP contribution in [0.5, 0.6) is 0 Å². The monoisotopic (exact) mass is 255 g/mol. The molecule has 2 nitrogen and oxygen atoms in total. The molecule has 0 aromatic rings. The van der Waals surface area contributed by atoms with E-state index in [0.29, 0.717) is 17.6 Å². The summed E-state index contributed by atoms with van der Waals surface area (Å²) in [4.78, 5) is 0. The maximum Gasteiger partial charge on any atom is 0.0661 e. The van der Waals surface area contributed by atoms with Gasteiger partial charge in [0.05, 0.1) is 6.10 Å². The lowest BCUT2D eigenvalue weighted by Crippen LogP contribution is -2.63. The molecule has 0 aromatic heterocycles. The molecule has 2 atom stereocenters. The van der Waals surface area contributed by atoms with Crippen LogP contribution in [0.2, 0.25) is 0 Å². The van der Waals surface area contributed by atoms with E-state index in [1.165, 1.54) is 32.1 Å². The van der Waals surface area contributed by atoms with Gasteiger partial charge in [0.2, 0.25) is 0 Å². The van der Waals surface area contributed by atoms with Gasteiger partial charge in [0, 0.05) is 18.1 Å². The molecule has 2 unspecified atom stereocenters. The zero-order chi connectivity index (χ0) is 13.6. The maximum atomic E-state index is 6.16. The number of hydrogen-bond acceptors (Lipinski definition) is 2. The molecule has 1 rings (SSSR count). The van der Waals surface area contributed by atoms with E-state index < -0.39 is 0 Å². The van der Waals surface area contributed by atoms with E-state index in [1.807, 2.05) is 0 Å². The van der Waals surface area contributed by atoms with Crippen LogP contribution in [0.15, 0.2) is 0 Å². The molecule has 1 fully saturated rings. The fourth-order valence-corrected chi connectivity index (χ4v) is 3.23. The fourth-order valence-electron chi connectivity index (χ4n) is 3.23. The standard InChI is InChI=1S/C16H33NO/c1-6-10-17-14-12-15(16(14,7-2)8-3)18-11-9-13(4)5/h13-15,17H,6-12H2,1-5H3. The molecule has 1 saturated carbocycles. The van der Waals surface area contributed by atoms with E-state index >= 15 is 0 Å². The maximum absolute atomic E-state index is 6.16. The average Bonchev–Trinajstić information content (AvgIpc) is 2.33. The van der Waals surface area contributed by atoms with Gasteiger partial charge in [-0.15, -0.1) is 0 Å². The first-order valence-electron chi connectivity index (χ1n) is 7.95. The van der Waals surface area contributed by atoms with Crippen LogP contribution in [0.25, 0.3) is 0 Å². The Morgan fingerprint density at radius 2 is 1.89 bits per heavy atom. The number of rotatable bonds is 9. The second-order valence-corrected chi connectivity index (χ2v) is 6.22. The summed E-state index contributed by atoms with van der Waals surface area (Å²) in [6.45, 7) is 13.5. The molecule has 18 heavy (non-hydrogen) atoms. The molecule has 1 aliphatic carbocycles. The second-order valence-electron chi connectivity index (χ2n) is 6.22. The highest BCUT2D eigenvalue weighted by atomic mass is 16.5. The largest absolute Gasteiger partial charge is 0.378 e. The molecule has 0 aliphatic heterocycles. The quantitative estimate of drug-likeness (QED) is 0.672. The van der Waals surface area contributed by atoms with Gasteiger partial charge in [0.1, 0.15) is 0 Å². The van der Waals surface area contributed by atoms with Crippen molar-refractivity contribution in [1.29, 1.82) is 0 Å². The Balaban J connectivity index is 2.44. The van der Waals surface area contributed by atoms with Crippen LogP contribution in [0.4, 0.5) is 0 Å². The molecule has 1 aliphatic rings. The molecular formula is C16H33NO.